The summed E-state index contributed by atoms with van der Waals surface area (Å²) in [6.07, 6.45) is 2.41. The van der Waals surface area contributed by atoms with Crippen molar-refractivity contribution in [2.24, 2.45) is 0 Å². The average molecular weight is 273 g/mol. The zero-order valence-corrected chi connectivity index (χ0v) is 11.9. The van der Waals surface area contributed by atoms with E-state index in [-0.39, 0.29) is 11.4 Å². The standard InChI is InChI=1S/C16H19NO3/c1-10-11(2)16(19)20-15-12(10)5-6-14(18)13(15)9-17-7-3-4-8-17/h5-6,18H,3-4,7-9H2,1-2H3. The molecular weight excluding hydrogens is 254 g/mol. The van der Waals surface area contributed by atoms with Crippen LogP contribution in [0.2, 0.25) is 0 Å². The summed E-state index contributed by atoms with van der Waals surface area (Å²) in [5.41, 5.74) is 2.34. The maximum absolute atomic E-state index is 12.2. The van der Waals surface area contributed by atoms with E-state index in [9.17, 15) is 9.90 Å². The van der Waals surface area contributed by atoms with Gasteiger partial charge >= 0.3 is 5.63 Å². The Bertz CT molecular complexity index is 712. The Kier molecular flexibility index (Phi) is 3.26. The molecule has 4 nitrogen and oxygen atoms in total. The van der Waals surface area contributed by atoms with Gasteiger partial charge in [-0.2, -0.15) is 0 Å². The summed E-state index contributed by atoms with van der Waals surface area (Å²) in [6, 6.07) is 3.37. The smallest absolute Gasteiger partial charge is 0.339 e. The van der Waals surface area contributed by atoms with Crippen molar-refractivity contribution in [3.63, 3.8) is 0 Å². The van der Waals surface area contributed by atoms with Crippen LogP contribution in [-0.2, 0) is 6.54 Å². The number of aryl methyl sites for hydroxylation is 1. The van der Waals surface area contributed by atoms with E-state index in [2.05, 4.69) is 0 Å². The Balaban J connectivity index is 2.19. The van der Waals surface area contributed by atoms with Crippen molar-refractivity contribution < 1.29 is 14.4 Å². The van der Waals surface area contributed by atoms with Crippen LogP contribution in [0.1, 0.15) is 29.5 Å². The predicted octanol–water partition coefficient (Wildman–Crippen LogP) is 0.662. The van der Waals surface area contributed by atoms with Gasteiger partial charge in [0, 0.05) is 29.4 Å². The minimum Gasteiger partial charge on any atom is -0.872 e. The van der Waals surface area contributed by atoms with Gasteiger partial charge < -0.3 is 14.4 Å². The molecule has 2 heterocycles. The molecule has 0 amide bonds. The van der Waals surface area contributed by atoms with E-state index in [1.165, 1.54) is 17.7 Å². The van der Waals surface area contributed by atoms with E-state index in [1.807, 2.05) is 6.92 Å². The summed E-state index contributed by atoms with van der Waals surface area (Å²) in [6.45, 7) is 6.50. The van der Waals surface area contributed by atoms with Crippen molar-refractivity contribution in [1.82, 2.24) is 0 Å². The molecule has 0 unspecified atom stereocenters. The highest BCUT2D eigenvalue weighted by Crippen LogP contribution is 2.27. The van der Waals surface area contributed by atoms with Gasteiger partial charge in [-0.15, -0.1) is 0 Å². The molecule has 0 bridgehead atoms. The lowest BCUT2D eigenvalue weighted by Crippen LogP contribution is -3.08. The second-order valence-corrected chi connectivity index (χ2v) is 5.69. The molecule has 1 aromatic carbocycles. The molecule has 106 valence electrons. The van der Waals surface area contributed by atoms with Crippen LogP contribution in [-0.4, -0.2) is 13.1 Å². The van der Waals surface area contributed by atoms with Crippen LogP contribution >= 0.6 is 0 Å². The second kappa shape index (κ2) is 4.94. The molecule has 4 heteroatoms. The van der Waals surface area contributed by atoms with E-state index in [1.54, 1.807) is 19.1 Å². The number of likely N-dealkylation sites (tertiary alicyclic amines) is 1. The Labute approximate surface area is 117 Å². The molecule has 1 aliphatic heterocycles. The fraction of sp³-hybridized carbons (Fsp3) is 0.438. The first-order valence-corrected chi connectivity index (χ1v) is 7.14. The van der Waals surface area contributed by atoms with Gasteiger partial charge in [0.1, 0.15) is 12.1 Å². The van der Waals surface area contributed by atoms with E-state index in [4.69, 9.17) is 4.42 Å². The van der Waals surface area contributed by atoms with Crippen molar-refractivity contribution in [2.75, 3.05) is 13.1 Å². The van der Waals surface area contributed by atoms with Crippen molar-refractivity contribution in [3.8, 4) is 5.75 Å². The number of rotatable bonds is 2. The van der Waals surface area contributed by atoms with E-state index >= 15 is 0 Å². The van der Waals surface area contributed by atoms with Crippen LogP contribution in [0.5, 0.6) is 5.75 Å². The summed E-state index contributed by atoms with van der Waals surface area (Å²) < 4.78 is 5.43. The van der Waals surface area contributed by atoms with E-state index in [0.29, 0.717) is 23.3 Å². The Hall–Kier alpha value is -1.81. The van der Waals surface area contributed by atoms with Crippen molar-refractivity contribution >= 4 is 11.0 Å². The molecule has 0 saturated carbocycles. The van der Waals surface area contributed by atoms with Crippen LogP contribution < -0.4 is 15.6 Å². The number of benzene rings is 1. The maximum Gasteiger partial charge on any atom is 0.339 e. The van der Waals surface area contributed by atoms with Gasteiger partial charge in [-0.1, -0.05) is 17.9 Å². The SMILES string of the molecule is Cc1c(C)c2ccc([O-])c(C[NH+]3CCCC3)c2oc1=O. The minimum atomic E-state index is -0.335. The highest BCUT2D eigenvalue weighted by atomic mass is 16.4. The van der Waals surface area contributed by atoms with Gasteiger partial charge in [0.15, 0.2) is 0 Å². The Morgan fingerprint density at radius 2 is 1.90 bits per heavy atom. The molecule has 0 spiro atoms. The quantitative estimate of drug-likeness (QED) is 0.818. The lowest BCUT2D eigenvalue weighted by molar-refractivity contribution is -0.901. The van der Waals surface area contributed by atoms with Crippen molar-refractivity contribution in [2.45, 2.75) is 33.2 Å². The van der Waals surface area contributed by atoms with Crippen LogP contribution in [0.25, 0.3) is 11.0 Å². The van der Waals surface area contributed by atoms with Gasteiger partial charge in [-0.3, -0.25) is 0 Å². The van der Waals surface area contributed by atoms with Gasteiger partial charge in [0.05, 0.1) is 13.1 Å². The summed E-state index contributed by atoms with van der Waals surface area (Å²) >= 11 is 0. The second-order valence-electron chi connectivity index (χ2n) is 5.69. The molecule has 0 radical (unpaired) electrons. The molecule has 1 aliphatic rings. The first kappa shape index (κ1) is 13.2. The molecule has 2 aromatic rings. The first-order chi connectivity index (χ1) is 9.58. The van der Waals surface area contributed by atoms with Crippen LogP contribution in [0, 0.1) is 13.8 Å². The van der Waals surface area contributed by atoms with Crippen LogP contribution in [0.3, 0.4) is 0 Å². The van der Waals surface area contributed by atoms with Crippen LogP contribution in [0.15, 0.2) is 21.3 Å². The number of quaternary nitrogens is 1. The largest absolute Gasteiger partial charge is 0.872 e. The number of hydrogen-bond acceptors (Lipinski definition) is 3. The van der Waals surface area contributed by atoms with Crippen molar-refractivity contribution in [3.05, 3.63) is 39.2 Å². The Morgan fingerprint density at radius 3 is 2.60 bits per heavy atom. The maximum atomic E-state index is 12.2. The number of hydrogen-bond donors (Lipinski definition) is 1. The van der Waals surface area contributed by atoms with Gasteiger partial charge in [0.25, 0.3) is 0 Å². The Morgan fingerprint density at radius 1 is 1.20 bits per heavy atom. The predicted molar refractivity (Wildman–Crippen MR) is 75.0 cm³/mol. The zero-order valence-electron chi connectivity index (χ0n) is 11.9. The first-order valence-electron chi connectivity index (χ1n) is 7.14. The van der Waals surface area contributed by atoms with E-state index < -0.39 is 0 Å². The summed E-state index contributed by atoms with van der Waals surface area (Å²) in [5.74, 6) is -0.0247. The van der Waals surface area contributed by atoms with Gasteiger partial charge in [0.2, 0.25) is 0 Å². The lowest BCUT2D eigenvalue weighted by atomic mass is 10.0. The number of nitrogens with one attached hydrogen (secondary N) is 1. The summed E-state index contributed by atoms with van der Waals surface area (Å²) in [7, 11) is 0. The van der Waals surface area contributed by atoms with Gasteiger partial charge in [-0.25, -0.2) is 4.79 Å². The fourth-order valence-electron chi connectivity index (χ4n) is 3.02. The molecule has 0 atom stereocenters. The fourth-order valence-corrected chi connectivity index (χ4v) is 3.02. The third-order valence-electron chi connectivity index (χ3n) is 4.42. The number of fused-ring (bicyclic) bond motifs is 1. The van der Waals surface area contributed by atoms with Crippen molar-refractivity contribution in [1.29, 1.82) is 0 Å². The normalized spacial score (nSPS) is 16.1. The zero-order chi connectivity index (χ0) is 14.3. The summed E-state index contributed by atoms with van der Waals surface area (Å²) in [5, 5.41) is 13.0. The molecule has 1 aromatic heterocycles. The molecule has 0 aliphatic carbocycles. The molecule has 3 rings (SSSR count). The molecule has 1 saturated heterocycles. The average Bonchev–Trinajstić information content (AvgIpc) is 2.93. The third-order valence-corrected chi connectivity index (χ3v) is 4.42. The highest BCUT2D eigenvalue weighted by Gasteiger charge is 2.19. The highest BCUT2D eigenvalue weighted by molar-refractivity contribution is 5.85. The van der Waals surface area contributed by atoms with E-state index in [0.717, 1.165) is 24.0 Å². The molecular formula is C16H19NO3. The topological polar surface area (TPSA) is 57.7 Å². The summed E-state index contributed by atoms with van der Waals surface area (Å²) in [4.78, 5) is 13.3. The van der Waals surface area contributed by atoms with Crippen LogP contribution in [0.4, 0.5) is 0 Å². The minimum absolute atomic E-state index is 0.0247. The molecule has 1 fully saturated rings. The third kappa shape index (κ3) is 2.10. The lowest BCUT2D eigenvalue weighted by Gasteiger charge is -2.19. The molecule has 1 N–H and O–H groups in total. The monoisotopic (exact) mass is 273 g/mol. The molecule has 20 heavy (non-hydrogen) atoms. The van der Waals surface area contributed by atoms with Gasteiger partial charge in [-0.05, 0) is 19.4 Å².